The van der Waals surface area contributed by atoms with Gasteiger partial charge in [-0.25, -0.2) is 4.79 Å². The molecule has 0 aliphatic heterocycles. The predicted molar refractivity (Wildman–Crippen MR) is 122 cm³/mol. The number of carboxylic acid groups (broad SMARTS) is 1. The van der Waals surface area contributed by atoms with Gasteiger partial charge in [-0.1, -0.05) is 48.5 Å². The topological polar surface area (TPSA) is 63.6 Å². The average molecular weight is 417 g/mol. The summed E-state index contributed by atoms with van der Waals surface area (Å²) in [5, 5.41) is 11.5. The second-order valence-electron chi connectivity index (χ2n) is 8.51. The number of carboxylic acids is 1. The molecule has 4 rings (SSSR count). The lowest BCUT2D eigenvalue weighted by molar-refractivity contribution is -0.122. The molecule has 31 heavy (non-hydrogen) atoms. The third-order valence-corrected chi connectivity index (χ3v) is 6.48. The summed E-state index contributed by atoms with van der Waals surface area (Å²) in [5.74, 6) is 0.510. The Bertz CT molecular complexity index is 1100. The van der Waals surface area contributed by atoms with Gasteiger partial charge in [0.05, 0.1) is 18.1 Å². The van der Waals surface area contributed by atoms with E-state index < -0.39 is 5.97 Å². The summed E-state index contributed by atoms with van der Waals surface area (Å²) in [6.45, 7) is 2.24. The average Bonchev–Trinajstić information content (AvgIpc) is 3.12. The molecule has 160 valence electrons. The Balaban J connectivity index is 1.36. The fourth-order valence-electron chi connectivity index (χ4n) is 4.68. The molecule has 0 unspecified atom stereocenters. The van der Waals surface area contributed by atoms with Gasteiger partial charge in [0, 0.05) is 11.8 Å². The van der Waals surface area contributed by atoms with Crippen molar-refractivity contribution in [3.05, 3.63) is 77.4 Å². The first-order valence-electron chi connectivity index (χ1n) is 11.0. The Morgan fingerprint density at radius 3 is 2.74 bits per heavy atom. The van der Waals surface area contributed by atoms with Crippen LogP contribution in [0, 0.1) is 18.8 Å². The predicted octanol–water partition coefficient (Wildman–Crippen LogP) is 5.84. The molecular formula is C27H28O4. The molecule has 3 aromatic carbocycles. The monoisotopic (exact) mass is 416 g/mol. The molecule has 0 spiro atoms. The molecule has 0 amide bonds. The molecule has 1 N–H and O–H groups in total. The van der Waals surface area contributed by atoms with Crippen LogP contribution in [-0.4, -0.2) is 23.5 Å². The van der Waals surface area contributed by atoms with E-state index in [1.54, 1.807) is 6.07 Å². The summed E-state index contributed by atoms with van der Waals surface area (Å²) in [6.07, 6.45) is 4.25. The normalized spacial score (nSPS) is 18.4. The van der Waals surface area contributed by atoms with Crippen LogP contribution in [0.4, 0.5) is 0 Å². The molecule has 0 aromatic heterocycles. The fourth-order valence-corrected chi connectivity index (χ4v) is 4.68. The van der Waals surface area contributed by atoms with E-state index >= 15 is 0 Å². The fraction of sp³-hybridized carbons (Fsp3) is 0.333. The van der Waals surface area contributed by atoms with Crippen molar-refractivity contribution in [3.8, 4) is 5.75 Å². The number of benzene rings is 3. The minimum absolute atomic E-state index is 0.0634. The van der Waals surface area contributed by atoms with Crippen molar-refractivity contribution >= 4 is 22.5 Å². The number of aromatic carboxylic acids is 1. The number of hydrogen-bond acceptors (Lipinski definition) is 3. The van der Waals surface area contributed by atoms with Gasteiger partial charge in [-0.3, -0.25) is 4.79 Å². The van der Waals surface area contributed by atoms with Crippen LogP contribution in [0.1, 0.15) is 47.2 Å². The number of rotatable bonds is 8. The van der Waals surface area contributed by atoms with Crippen LogP contribution in [0.15, 0.2) is 60.7 Å². The standard InChI is InChI=1S/C27H28O4/c1-18-12-13-19(16-23(18)27(29)30)6-4-8-21-14-15-25(28)24(21)17-31-26-11-5-9-20-7-2-3-10-22(20)26/h2-3,5,7,9-13,16,21,24H,4,6,8,14-15,17H2,1H3,(H,29,30)/t21-,24+/m0/s1. The van der Waals surface area contributed by atoms with Crippen molar-refractivity contribution in [2.24, 2.45) is 11.8 Å². The van der Waals surface area contributed by atoms with Gasteiger partial charge >= 0.3 is 5.97 Å². The molecule has 0 bridgehead atoms. The van der Waals surface area contributed by atoms with Crippen molar-refractivity contribution in [2.75, 3.05) is 6.61 Å². The minimum atomic E-state index is -0.883. The summed E-state index contributed by atoms with van der Waals surface area (Å²) in [5.41, 5.74) is 2.19. The zero-order valence-electron chi connectivity index (χ0n) is 17.8. The second kappa shape index (κ2) is 9.34. The van der Waals surface area contributed by atoms with E-state index in [1.807, 2.05) is 49.4 Å². The van der Waals surface area contributed by atoms with Gasteiger partial charge in [0.2, 0.25) is 0 Å². The number of Topliss-reactive ketones (excluding diaryl/α,β-unsaturated/α-hetero) is 1. The number of ketones is 1. The number of ether oxygens (including phenoxy) is 1. The Hall–Kier alpha value is -3.14. The van der Waals surface area contributed by atoms with E-state index in [1.165, 1.54) is 0 Å². The largest absolute Gasteiger partial charge is 0.492 e. The van der Waals surface area contributed by atoms with Gasteiger partial charge in [0.1, 0.15) is 11.5 Å². The molecule has 0 saturated heterocycles. The smallest absolute Gasteiger partial charge is 0.335 e. The quantitative estimate of drug-likeness (QED) is 0.501. The number of aryl methyl sites for hydroxylation is 2. The van der Waals surface area contributed by atoms with Gasteiger partial charge < -0.3 is 9.84 Å². The van der Waals surface area contributed by atoms with Crippen LogP contribution in [0.25, 0.3) is 10.8 Å². The SMILES string of the molecule is Cc1ccc(CCC[C@H]2CCC(=O)[C@@H]2COc2cccc3ccccc23)cc1C(=O)O. The molecule has 1 saturated carbocycles. The summed E-state index contributed by atoms with van der Waals surface area (Å²) in [7, 11) is 0. The van der Waals surface area contributed by atoms with Crippen LogP contribution >= 0.6 is 0 Å². The zero-order chi connectivity index (χ0) is 21.8. The van der Waals surface area contributed by atoms with Crippen molar-refractivity contribution in [1.82, 2.24) is 0 Å². The highest BCUT2D eigenvalue weighted by Crippen LogP contribution is 2.34. The Morgan fingerprint density at radius 2 is 1.90 bits per heavy atom. The van der Waals surface area contributed by atoms with Gasteiger partial charge in [0.15, 0.2) is 0 Å². The van der Waals surface area contributed by atoms with Crippen molar-refractivity contribution in [3.63, 3.8) is 0 Å². The molecule has 0 heterocycles. The summed E-state index contributed by atoms with van der Waals surface area (Å²) in [6, 6.07) is 19.8. The van der Waals surface area contributed by atoms with Crippen molar-refractivity contribution < 1.29 is 19.4 Å². The molecule has 2 atom stereocenters. The maximum Gasteiger partial charge on any atom is 0.335 e. The highest BCUT2D eigenvalue weighted by atomic mass is 16.5. The van der Waals surface area contributed by atoms with Gasteiger partial charge in [-0.2, -0.15) is 0 Å². The van der Waals surface area contributed by atoms with Crippen LogP contribution in [0.5, 0.6) is 5.75 Å². The Labute approximate surface area is 182 Å². The summed E-state index contributed by atoms with van der Waals surface area (Å²) >= 11 is 0. The van der Waals surface area contributed by atoms with Crippen LogP contribution in [0.3, 0.4) is 0 Å². The number of carbonyl (C=O) groups is 2. The van der Waals surface area contributed by atoms with Crippen LogP contribution < -0.4 is 4.74 Å². The number of fused-ring (bicyclic) bond motifs is 1. The highest BCUT2D eigenvalue weighted by molar-refractivity contribution is 5.89. The van der Waals surface area contributed by atoms with Gasteiger partial charge in [0.25, 0.3) is 0 Å². The molecule has 4 nitrogen and oxygen atoms in total. The van der Waals surface area contributed by atoms with E-state index in [9.17, 15) is 14.7 Å². The maximum atomic E-state index is 12.5. The third-order valence-electron chi connectivity index (χ3n) is 6.48. The first-order chi connectivity index (χ1) is 15.0. The molecular weight excluding hydrogens is 388 g/mol. The minimum Gasteiger partial charge on any atom is -0.492 e. The summed E-state index contributed by atoms with van der Waals surface area (Å²) < 4.78 is 6.14. The first-order valence-corrected chi connectivity index (χ1v) is 11.0. The van der Waals surface area contributed by atoms with Crippen LogP contribution in [-0.2, 0) is 11.2 Å². The van der Waals surface area contributed by atoms with E-state index in [4.69, 9.17) is 4.74 Å². The molecule has 4 heteroatoms. The van der Waals surface area contributed by atoms with E-state index in [0.29, 0.717) is 30.3 Å². The van der Waals surface area contributed by atoms with Gasteiger partial charge in [-0.15, -0.1) is 0 Å². The molecule has 1 aliphatic carbocycles. The zero-order valence-corrected chi connectivity index (χ0v) is 17.8. The Morgan fingerprint density at radius 1 is 1.10 bits per heavy atom. The van der Waals surface area contributed by atoms with Gasteiger partial charge in [-0.05, 0) is 67.2 Å². The lowest BCUT2D eigenvalue weighted by atomic mass is 9.90. The molecule has 1 aliphatic rings. The number of carbonyl (C=O) groups excluding carboxylic acids is 1. The maximum absolute atomic E-state index is 12.5. The second-order valence-corrected chi connectivity index (χ2v) is 8.51. The van der Waals surface area contributed by atoms with Crippen molar-refractivity contribution in [2.45, 2.75) is 39.0 Å². The highest BCUT2D eigenvalue weighted by Gasteiger charge is 2.34. The van der Waals surface area contributed by atoms with E-state index in [2.05, 4.69) is 12.1 Å². The lowest BCUT2D eigenvalue weighted by Crippen LogP contribution is -2.23. The van der Waals surface area contributed by atoms with E-state index in [-0.39, 0.29) is 5.92 Å². The van der Waals surface area contributed by atoms with Crippen molar-refractivity contribution in [1.29, 1.82) is 0 Å². The Kier molecular flexibility index (Phi) is 6.36. The third kappa shape index (κ3) is 4.79. The molecule has 3 aromatic rings. The summed E-state index contributed by atoms with van der Waals surface area (Å²) in [4.78, 5) is 23.9. The first kappa shape index (κ1) is 21.1. The lowest BCUT2D eigenvalue weighted by Gasteiger charge is -2.19. The van der Waals surface area contributed by atoms with Crippen LogP contribution in [0.2, 0.25) is 0 Å². The molecule has 1 fully saturated rings. The van der Waals surface area contributed by atoms with E-state index in [0.717, 1.165) is 53.3 Å². The molecule has 0 radical (unpaired) electrons. The number of hydrogen-bond donors (Lipinski definition) is 1.